The van der Waals surface area contributed by atoms with Gasteiger partial charge in [0, 0.05) is 12.2 Å². The SMILES string of the molecule is NCc1ccc(-c2cc(N)ccc2-c2ccccc2)cc1. The molecule has 0 bridgehead atoms. The second-order valence-electron chi connectivity index (χ2n) is 5.07. The maximum absolute atomic E-state index is 5.98. The second-order valence-corrected chi connectivity index (χ2v) is 5.07. The van der Waals surface area contributed by atoms with Crippen molar-refractivity contribution >= 4 is 5.69 Å². The molecular weight excluding hydrogens is 256 g/mol. The number of hydrogen-bond acceptors (Lipinski definition) is 2. The third-order valence-corrected chi connectivity index (χ3v) is 3.63. The van der Waals surface area contributed by atoms with Crippen LogP contribution in [0, 0.1) is 0 Å². The predicted octanol–water partition coefficient (Wildman–Crippen LogP) is 4.06. The van der Waals surface area contributed by atoms with Crippen molar-refractivity contribution in [3.63, 3.8) is 0 Å². The molecule has 0 heterocycles. The zero-order chi connectivity index (χ0) is 14.7. The molecule has 0 spiro atoms. The summed E-state index contributed by atoms with van der Waals surface area (Å²) in [6, 6.07) is 24.7. The second kappa shape index (κ2) is 5.81. The Hall–Kier alpha value is -2.58. The van der Waals surface area contributed by atoms with Crippen molar-refractivity contribution in [2.24, 2.45) is 5.73 Å². The summed E-state index contributed by atoms with van der Waals surface area (Å²) in [6.07, 6.45) is 0. The van der Waals surface area contributed by atoms with Crippen LogP contribution in [-0.2, 0) is 6.54 Å². The van der Waals surface area contributed by atoms with Crippen molar-refractivity contribution in [1.29, 1.82) is 0 Å². The molecule has 0 amide bonds. The molecule has 2 nitrogen and oxygen atoms in total. The average Bonchev–Trinajstić information content (AvgIpc) is 2.56. The van der Waals surface area contributed by atoms with E-state index >= 15 is 0 Å². The summed E-state index contributed by atoms with van der Waals surface area (Å²) in [7, 11) is 0. The molecule has 3 rings (SSSR count). The third kappa shape index (κ3) is 2.81. The van der Waals surface area contributed by atoms with Crippen molar-refractivity contribution in [2.75, 3.05) is 5.73 Å². The Labute approximate surface area is 125 Å². The molecule has 21 heavy (non-hydrogen) atoms. The summed E-state index contributed by atoms with van der Waals surface area (Å²) < 4.78 is 0. The molecule has 0 radical (unpaired) electrons. The van der Waals surface area contributed by atoms with Crippen LogP contribution in [0.4, 0.5) is 5.69 Å². The maximum Gasteiger partial charge on any atom is 0.0320 e. The summed E-state index contributed by atoms with van der Waals surface area (Å²) >= 11 is 0. The summed E-state index contributed by atoms with van der Waals surface area (Å²) in [5, 5.41) is 0. The highest BCUT2D eigenvalue weighted by molar-refractivity contribution is 5.85. The standard InChI is InChI=1S/C19H18N2/c20-13-14-6-8-16(9-7-14)19-12-17(21)10-11-18(19)15-4-2-1-3-5-15/h1-12H,13,20-21H2. The van der Waals surface area contributed by atoms with E-state index in [2.05, 4.69) is 42.5 Å². The van der Waals surface area contributed by atoms with Crippen LogP contribution in [0.3, 0.4) is 0 Å². The fraction of sp³-hybridized carbons (Fsp3) is 0.0526. The van der Waals surface area contributed by atoms with Gasteiger partial charge < -0.3 is 11.5 Å². The molecular formula is C19H18N2. The number of hydrogen-bond donors (Lipinski definition) is 2. The normalized spacial score (nSPS) is 10.5. The lowest BCUT2D eigenvalue weighted by molar-refractivity contribution is 1.07. The zero-order valence-electron chi connectivity index (χ0n) is 11.8. The Morgan fingerprint density at radius 3 is 2.00 bits per heavy atom. The van der Waals surface area contributed by atoms with Gasteiger partial charge in [0.05, 0.1) is 0 Å². The van der Waals surface area contributed by atoms with E-state index in [0.29, 0.717) is 6.54 Å². The summed E-state index contributed by atoms with van der Waals surface area (Å²) in [5.74, 6) is 0. The largest absolute Gasteiger partial charge is 0.399 e. The van der Waals surface area contributed by atoms with Crippen molar-refractivity contribution in [1.82, 2.24) is 0 Å². The molecule has 0 aliphatic rings. The van der Waals surface area contributed by atoms with E-state index in [4.69, 9.17) is 11.5 Å². The monoisotopic (exact) mass is 274 g/mol. The zero-order valence-corrected chi connectivity index (χ0v) is 11.8. The van der Waals surface area contributed by atoms with Gasteiger partial charge in [-0.2, -0.15) is 0 Å². The molecule has 3 aromatic rings. The van der Waals surface area contributed by atoms with Gasteiger partial charge in [0.2, 0.25) is 0 Å². The quantitative estimate of drug-likeness (QED) is 0.708. The summed E-state index contributed by atoms with van der Waals surface area (Å²) in [5.41, 5.74) is 18.2. The van der Waals surface area contributed by atoms with Crippen LogP contribution < -0.4 is 11.5 Å². The summed E-state index contributed by atoms with van der Waals surface area (Å²) in [6.45, 7) is 0.558. The number of rotatable bonds is 3. The van der Waals surface area contributed by atoms with Gasteiger partial charge in [0.25, 0.3) is 0 Å². The Morgan fingerprint density at radius 2 is 1.33 bits per heavy atom. The lowest BCUT2D eigenvalue weighted by Gasteiger charge is -2.12. The van der Waals surface area contributed by atoms with Gasteiger partial charge in [-0.3, -0.25) is 0 Å². The topological polar surface area (TPSA) is 52.0 Å². The van der Waals surface area contributed by atoms with E-state index < -0.39 is 0 Å². The molecule has 4 N–H and O–H groups in total. The molecule has 0 saturated carbocycles. The van der Waals surface area contributed by atoms with Crippen molar-refractivity contribution in [2.45, 2.75) is 6.54 Å². The van der Waals surface area contributed by atoms with Crippen LogP contribution in [0.25, 0.3) is 22.3 Å². The average molecular weight is 274 g/mol. The van der Waals surface area contributed by atoms with E-state index in [1.807, 2.05) is 30.3 Å². The number of nitrogens with two attached hydrogens (primary N) is 2. The smallest absolute Gasteiger partial charge is 0.0320 e. The maximum atomic E-state index is 5.98. The first-order chi connectivity index (χ1) is 10.3. The summed E-state index contributed by atoms with van der Waals surface area (Å²) in [4.78, 5) is 0. The molecule has 0 aliphatic carbocycles. The van der Waals surface area contributed by atoms with E-state index in [1.54, 1.807) is 0 Å². The van der Waals surface area contributed by atoms with Crippen molar-refractivity contribution < 1.29 is 0 Å². The Balaban J connectivity index is 2.14. The molecule has 104 valence electrons. The minimum absolute atomic E-state index is 0.558. The molecule has 0 fully saturated rings. The van der Waals surface area contributed by atoms with Gasteiger partial charge >= 0.3 is 0 Å². The van der Waals surface area contributed by atoms with Gasteiger partial charge in [0.1, 0.15) is 0 Å². The first kappa shape index (κ1) is 13.4. The van der Waals surface area contributed by atoms with Gasteiger partial charge in [0.15, 0.2) is 0 Å². The van der Waals surface area contributed by atoms with Crippen molar-refractivity contribution in [3.05, 3.63) is 78.4 Å². The van der Waals surface area contributed by atoms with Gasteiger partial charge in [-0.25, -0.2) is 0 Å². The van der Waals surface area contributed by atoms with Gasteiger partial charge in [-0.05, 0) is 39.9 Å². The third-order valence-electron chi connectivity index (χ3n) is 3.63. The van der Waals surface area contributed by atoms with Gasteiger partial charge in [-0.1, -0.05) is 60.7 Å². The fourth-order valence-corrected chi connectivity index (χ4v) is 2.49. The Bertz CT molecular complexity index is 731. The Kier molecular flexibility index (Phi) is 3.71. The first-order valence-corrected chi connectivity index (χ1v) is 7.02. The van der Waals surface area contributed by atoms with E-state index in [9.17, 15) is 0 Å². The van der Waals surface area contributed by atoms with Crippen LogP contribution in [-0.4, -0.2) is 0 Å². The van der Waals surface area contributed by atoms with Crippen LogP contribution in [0.15, 0.2) is 72.8 Å². The minimum Gasteiger partial charge on any atom is -0.399 e. The fourth-order valence-electron chi connectivity index (χ4n) is 2.49. The van der Waals surface area contributed by atoms with Crippen LogP contribution in [0.1, 0.15) is 5.56 Å². The van der Waals surface area contributed by atoms with Gasteiger partial charge in [-0.15, -0.1) is 0 Å². The van der Waals surface area contributed by atoms with Crippen molar-refractivity contribution in [3.8, 4) is 22.3 Å². The molecule has 0 aliphatic heterocycles. The van der Waals surface area contributed by atoms with Crippen LogP contribution in [0.5, 0.6) is 0 Å². The van der Waals surface area contributed by atoms with E-state index in [1.165, 1.54) is 11.1 Å². The highest BCUT2D eigenvalue weighted by Gasteiger charge is 2.07. The minimum atomic E-state index is 0.558. The number of benzene rings is 3. The molecule has 0 aromatic heterocycles. The van der Waals surface area contributed by atoms with E-state index in [-0.39, 0.29) is 0 Å². The highest BCUT2D eigenvalue weighted by atomic mass is 14.5. The molecule has 3 aromatic carbocycles. The first-order valence-electron chi connectivity index (χ1n) is 7.02. The Morgan fingerprint density at radius 1 is 0.667 bits per heavy atom. The molecule has 0 atom stereocenters. The molecule has 2 heteroatoms. The van der Waals surface area contributed by atoms with Crippen LogP contribution in [0.2, 0.25) is 0 Å². The number of nitrogen functional groups attached to an aromatic ring is 1. The lowest BCUT2D eigenvalue weighted by atomic mass is 9.93. The van der Waals surface area contributed by atoms with E-state index in [0.717, 1.165) is 22.4 Å². The predicted molar refractivity (Wildman–Crippen MR) is 89.6 cm³/mol. The number of anilines is 1. The lowest BCUT2D eigenvalue weighted by Crippen LogP contribution is -1.95. The van der Waals surface area contributed by atoms with Crippen LogP contribution >= 0.6 is 0 Å². The molecule has 0 saturated heterocycles. The molecule has 0 unspecified atom stereocenters. The highest BCUT2D eigenvalue weighted by Crippen LogP contribution is 2.33.